The van der Waals surface area contributed by atoms with E-state index < -0.39 is 5.97 Å². The summed E-state index contributed by atoms with van der Waals surface area (Å²) in [5, 5.41) is 16.8. The van der Waals surface area contributed by atoms with E-state index >= 15 is 0 Å². The second-order valence-corrected chi connectivity index (χ2v) is 6.77. The predicted octanol–water partition coefficient (Wildman–Crippen LogP) is 3.72. The number of hydrogen-bond donors (Lipinski definition) is 2. The maximum atomic E-state index is 11.7. The zero-order valence-electron chi connectivity index (χ0n) is 16.0. The molecule has 0 saturated heterocycles. The first-order chi connectivity index (χ1) is 14.0. The molecular weight excluding hydrogens is 394 g/mol. The van der Waals surface area contributed by atoms with Gasteiger partial charge in [0.1, 0.15) is 22.2 Å². The Bertz CT molecular complexity index is 1030. The molecule has 0 bridgehead atoms. The van der Waals surface area contributed by atoms with Crippen molar-refractivity contribution in [1.82, 2.24) is 15.2 Å². The number of aromatic nitrogens is 3. The molecule has 0 spiro atoms. The van der Waals surface area contributed by atoms with Gasteiger partial charge in [-0.1, -0.05) is 12.1 Å². The third-order valence-electron chi connectivity index (χ3n) is 3.89. The molecule has 29 heavy (non-hydrogen) atoms. The number of hydrogen-bond acceptors (Lipinski definition) is 7. The van der Waals surface area contributed by atoms with Crippen LogP contribution in [0.4, 0.5) is 0 Å². The average Bonchev–Trinajstić information content (AvgIpc) is 3.21. The summed E-state index contributed by atoms with van der Waals surface area (Å²) in [5.74, 6) is 1.24. The zero-order chi connectivity index (χ0) is 20.8. The van der Waals surface area contributed by atoms with Crippen LogP contribution in [0.5, 0.6) is 17.2 Å². The molecule has 0 unspecified atom stereocenters. The fourth-order valence-electron chi connectivity index (χ4n) is 2.48. The number of carboxylic acids is 1. The summed E-state index contributed by atoms with van der Waals surface area (Å²) in [4.78, 5) is 16.1. The van der Waals surface area contributed by atoms with Crippen LogP contribution in [0.3, 0.4) is 0 Å². The number of aromatic amines is 1. The lowest BCUT2D eigenvalue weighted by Crippen LogP contribution is -1.97. The minimum absolute atomic E-state index is 0.0759. The van der Waals surface area contributed by atoms with E-state index in [0.29, 0.717) is 34.2 Å². The molecule has 0 aliphatic rings. The van der Waals surface area contributed by atoms with Crippen molar-refractivity contribution in [2.45, 2.75) is 5.16 Å². The lowest BCUT2D eigenvalue weighted by molar-refractivity contribution is -0.131. The van der Waals surface area contributed by atoms with E-state index in [1.165, 1.54) is 0 Å². The molecule has 3 rings (SSSR count). The highest BCUT2D eigenvalue weighted by Crippen LogP contribution is 2.31. The van der Waals surface area contributed by atoms with Crippen LogP contribution in [0, 0.1) is 0 Å². The van der Waals surface area contributed by atoms with E-state index in [9.17, 15) is 9.90 Å². The fraction of sp³-hybridized carbons (Fsp3) is 0.150. The molecule has 2 aromatic carbocycles. The molecule has 0 saturated carbocycles. The molecule has 1 aromatic heterocycles. The van der Waals surface area contributed by atoms with E-state index in [1.807, 2.05) is 0 Å². The van der Waals surface area contributed by atoms with Crippen LogP contribution in [0.25, 0.3) is 17.5 Å². The number of carboxylic acid groups (broad SMARTS) is 1. The summed E-state index contributed by atoms with van der Waals surface area (Å²) in [6.45, 7) is 0. The molecule has 150 valence electrons. The summed E-state index contributed by atoms with van der Waals surface area (Å²) in [7, 11) is 4.67. The Hall–Kier alpha value is -3.46. The number of rotatable bonds is 8. The average molecular weight is 413 g/mol. The smallest absolute Gasteiger partial charge is 0.342 e. The molecule has 1 heterocycles. The topological polar surface area (TPSA) is 107 Å². The number of nitrogens with one attached hydrogen (secondary N) is 1. The Kier molecular flexibility index (Phi) is 6.40. The Morgan fingerprint density at radius 1 is 1.03 bits per heavy atom. The summed E-state index contributed by atoms with van der Waals surface area (Å²) in [6, 6.07) is 12.4. The molecule has 0 radical (unpaired) electrons. The van der Waals surface area contributed by atoms with Gasteiger partial charge >= 0.3 is 5.97 Å². The fourth-order valence-corrected chi connectivity index (χ4v) is 3.19. The lowest BCUT2D eigenvalue weighted by atomic mass is 10.2. The number of carbonyl (C=O) groups is 1. The van der Waals surface area contributed by atoms with Gasteiger partial charge in [-0.2, -0.15) is 0 Å². The highest BCUT2D eigenvalue weighted by Gasteiger charge is 2.15. The van der Waals surface area contributed by atoms with Gasteiger partial charge in [0.25, 0.3) is 0 Å². The van der Waals surface area contributed by atoms with Gasteiger partial charge in [-0.05, 0) is 47.7 Å². The van der Waals surface area contributed by atoms with Gasteiger partial charge in [-0.3, -0.25) is 5.10 Å². The van der Waals surface area contributed by atoms with E-state index in [1.54, 1.807) is 69.9 Å². The van der Waals surface area contributed by atoms with Gasteiger partial charge in [-0.25, -0.2) is 9.78 Å². The highest BCUT2D eigenvalue weighted by molar-refractivity contribution is 8.04. The van der Waals surface area contributed by atoms with Crippen LogP contribution in [-0.4, -0.2) is 47.6 Å². The van der Waals surface area contributed by atoms with Crippen LogP contribution >= 0.6 is 11.8 Å². The number of thioether (sulfide) groups is 1. The molecule has 8 nitrogen and oxygen atoms in total. The molecule has 0 aliphatic heterocycles. The first-order valence-corrected chi connectivity index (χ1v) is 9.26. The number of methoxy groups -OCH3 is 3. The number of H-pyrrole nitrogens is 1. The van der Waals surface area contributed by atoms with Crippen molar-refractivity contribution < 1.29 is 24.1 Å². The Morgan fingerprint density at radius 3 is 2.34 bits per heavy atom. The summed E-state index contributed by atoms with van der Waals surface area (Å²) < 4.78 is 15.7. The number of ether oxygens (including phenoxy) is 3. The lowest BCUT2D eigenvalue weighted by Gasteiger charge is -2.06. The van der Waals surface area contributed by atoms with Crippen molar-refractivity contribution in [2.24, 2.45) is 0 Å². The van der Waals surface area contributed by atoms with Gasteiger partial charge < -0.3 is 19.3 Å². The third-order valence-corrected chi connectivity index (χ3v) is 4.77. The van der Waals surface area contributed by atoms with Crippen molar-refractivity contribution in [3.05, 3.63) is 52.9 Å². The molecule has 2 N–H and O–H groups in total. The summed E-state index contributed by atoms with van der Waals surface area (Å²) in [6.07, 6.45) is 1.54. The standard InChI is InChI=1S/C20H19N3O5S/c1-26-14-6-4-5-12(7-14)8-17(19(24)25)29-20-21-18(22-23-20)13-9-15(27-2)11-16(10-13)28-3/h4-11H,1-3H3,(H,24,25)(H,21,22,23)/b17-8+. The Morgan fingerprint density at radius 2 is 1.72 bits per heavy atom. The molecule has 9 heteroatoms. The maximum absolute atomic E-state index is 11.7. The van der Waals surface area contributed by atoms with Crippen molar-refractivity contribution >= 4 is 23.8 Å². The minimum Gasteiger partial charge on any atom is -0.497 e. The van der Waals surface area contributed by atoms with Crippen molar-refractivity contribution in [3.63, 3.8) is 0 Å². The van der Waals surface area contributed by atoms with Gasteiger partial charge in [0.2, 0.25) is 5.16 Å². The maximum Gasteiger partial charge on any atom is 0.342 e. The van der Waals surface area contributed by atoms with E-state index in [0.717, 1.165) is 11.8 Å². The van der Waals surface area contributed by atoms with Crippen molar-refractivity contribution in [3.8, 4) is 28.6 Å². The van der Waals surface area contributed by atoms with E-state index in [-0.39, 0.29) is 10.1 Å². The van der Waals surface area contributed by atoms with Gasteiger partial charge in [0.15, 0.2) is 5.82 Å². The summed E-state index contributed by atoms with van der Waals surface area (Å²) >= 11 is 0.945. The quantitative estimate of drug-likeness (QED) is 0.425. The first-order valence-electron chi connectivity index (χ1n) is 8.45. The van der Waals surface area contributed by atoms with Crippen LogP contribution in [0.15, 0.2) is 52.5 Å². The largest absolute Gasteiger partial charge is 0.497 e. The van der Waals surface area contributed by atoms with Crippen LogP contribution in [-0.2, 0) is 4.79 Å². The third kappa shape index (κ3) is 5.08. The Balaban J connectivity index is 1.87. The number of aliphatic carboxylic acids is 1. The van der Waals surface area contributed by atoms with Crippen molar-refractivity contribution in [1.29, 1.82) is 0 Å². The summed E-state index contributed by atoms with van der Waals surface area (Å²) in [5.41, 5.74) is 1.40. The first kappa shape index (κ1) is 20.3. The second kappa shape index (κ2) is 9.16. The van der Waals surface area contributed by atoms with Crippen LogP contribution in [0.2, 0.25) is 0 Å². The molecule has 0 fully saturated rings. The van der Waals surface area contributed by atoms with E-state index in [2.05, 4.69) is 15.2 Å². The SMILES string of the molecule is COc1cccc(/C=C(/Sc2n[nH]c(-c3cc(OC)cc(OC)c3)n2)C(=O)O)c1. The van der Waals surface area contributed by atoms with Gasteiger partial charge in [-0.15, -0.1) is 5.10 Å². The highest BCUT2D eigenvalue weighted by atomic mass is 32.2. The minimum atomic E-state index is -1.08. The van der Waals surface area contributed by atoms with E-state index in [4.69, 9.17) is 14.2 Å². The zero-order valence-corrected chi connectivity index (χ0v) is 16.8. The number of benzene rings is 2. The molecule has 3 aromatic rings. The predicted molar refractivity (Wildman–Crippen MR) is 109 cm³/mol. The normalized spacial score (nSPS) is 11.2. The molecular formula is C20H19N3O5S. The van der Waals surface area contributed by atoms with Gasteiger partial charge in [0.05, 0.1) is 21.3 Å². The monoisotopic (exact) mass is 413 g/mol. The van der Waals surface area contributed by atoms with Gasteiger partial charge in [0, 0.05) is 11.6 Å². The molecule has 0 atom stereocenters. The van der Waals surface area contributed by atoms with Crippen molar-refractivity contribution in [2.75, 3.05) is 21.3 Å². The van der Waals surface area contributed by atoms with Crippen LogP contribution < -0.4 is 14.2 Å². The second-order valence-electron chi connectivity index (χ2n) is 5.76. The molecule has 0 amide bonds. The van der Waals surface area contributed by atoms with Crippen LogP contribution in [0.1, 0.15) is 5.56 Å². The molecule has 0 aliphatic carbocycles. The number of nitrogens with zero attached hydrogens (tertiary/aromatic N) is 2. The Labute approximate surface area is 171 Å².